The number of nitrogens with zero attached hydrogens (tertiary/aromatic N) is 1. The molecule has 13 heavy (non-hydrogen) atoms. The number of rotatable bonds is 3. The van der Waals surface area contributed by atoms with Gasteiger partial charge >= 0.3 is 0 Å². The lowest BCUT2D eigenvalue weighted by atomic mass is 10.1. The van der Waals surface area contributed by atoms with Gasteiger partial charge in [-0.05, 0) is 24.5 Å². The molecule has 1 rings (SSSR count). The summed E-state index contributed by atoms with van der Waals surface area (Å²) in [6.07, 6.45) is 3.00. The van der Waals surface area contributed by atoms with Crippen molar-refractivity contribution >= 4 is 0 Å². The fourth-order valence-electron chi connectivity index (χ4n) is 1.22. The van der Waals surface area contributed by atoms with Gasteiger partial charge in [-0.3, -0.25) is 0 Å². The lowest BCUT2D eigenvalue weighted by Gasteiger charge is -2.09. The van der Waals surface area contributed by atoms with Crippen molar-refractivity contribution < 1.29 is 0 Å². The second-order valence-corrected chi connectivity index (χ2v) is 3.07. The van der Waals surface area contributed by atoms with Crippen LogP contribution in [0.2, 0.25) is 0 Å². The lowest BCUT2D eigenvalue weighted by molar-refractivity contribution is 0.697. The van der Waals surface area contributed by atoms with Gasteiger partial charge in [-0.25, -0.2) is 0 Å². The second kappa shape index (κ2) is 4.51. The summed E-state index contributed by atoms with van der Waals surface area (Å²) < 4.78 is 0. The van der Waals surface area contributed by atoms with E-state index in [1.54, 1.807) is 0 Å². The molecule has 0 saturated carbocycles. The van der Waals surface area contributed by atoms with E-state index in [1.165, 1.54) is 5.56 Å². The van der Waals surface area contributed by atoms with Crippen molar-refractivity contribution in [2.24, 2.45) is 0 Å². The highest BCUT2D eigenvalue weighted by Gasteiger charge is 2.02. The topological polar surface area (TPSA) is 35.8 Å². The molecule has 1 unspecified atom stereocenters. The van der Waals surface area contributed by atoms with Crippen LogP contribution in [0.15, 0.2) is 24.3 Å². The van der Waals surface area contributed by atoms with Crippen molar-refractivity contribution in [2.75, 3.05) is 0 Å². The molecule has 0 radical (unpaired) electrons. The predicted octanol–water partition coefficient (Wildman–Crippen LogP) is 2.38. The van der Waals surface area contributed by atoms with Crippen molar-refractivity contribution in [1.82, 2.24) is 5.32 Å². The molecule has 1 atom stereocenters. The summed E-state index contributed by atoms with van der Waals surface area (Å²) in [7, 11) is 0. The maximum Gasteiger partial charge on any atom is 0.177 e. The summed E-state index contributed by atoms with van der Waals surface area (Å²) in [5.74, 6) is 0. The zero-order chi connectivity index (χ0) is 9.68. The maximum absolute atomic E-state index is 8.44. The minimum absolute atomic E-state index is 0.107. The van der Waals surface area contributed by atoms with Crippen LogP contribution >= 0.6 is 0 Å². The van der Waals surface area contributed by atoms with Gasteiger partial charge in [0, 0.05) is 0 Å². The third-order valence-corrected chi connectivity index (χ3v) is 2.17. The first-order chi connectivity index (χ1) is 6.27. The fraction of sp³-hybridized carbons (Fsp3) is 0.364. The normalized spacial score (nSPS) is 11.8. The molecular weight excluding hydrogens is 160 g/mol. The molecular formula is C11H14N2. The molecule has 2 heteroatoms. The van der Waals surface area contributed by atoms with Gasteiger partial charge in [0.15, 0.2) is 6.19 Å². The van der Waals surface area contributed by atoms with Crippen LogP contribution < -0.4 is 5.32 Å². The van der Waals surface area contributed by atoms with Crippen molar-refractivity contribution in [2.45, 2.75) is 26.3 Å². The Morgan fingerprint density at radius 3 is 2.46 bits per heavy atom. The van der Waals surface area contributed by atoms with E-state index in [1.807, 2.05) is 13.1 Å². The summed E-state index contributed by atoms with van der Waals surface area (Å²) in [5, 5.41) is 11.1. The average molecular weight is 174 g/mol. The summed E-state index contributed by atoms with van der Waals surface area (Å²) in [6, 6.07) is 8.44. The van der Waals surface area contributed by atoms with Crippen LogP contribution in [-0.2, 0) is 6.42 Å². The van der Waals surface area contributed by atoms with E-state index >= 15 is 0 Å². The Labute approximate surface area is 79.2 Å². The molecule has 0 fully saturated rings. The zero-order valence-electron chi connectivity index (χ0n) is 8.04. The standard InChI is InChI=1S/C11H14N2/c1-3-10-4-6-11(7-5-10)9(2)13-8-12/h4-7,9,13H,3H2,1-2H3. The highest BCUT2D eigenvalue weighted by Crippen LogP contribution is 2.12. The third-order valence-electron chi connectivity index (χ3n) is 2.17. The first-order valence-corrected chi connectivity index (χ1v) is 4.51. The molecule has 0 aliphatic rings. The first kappa shape index (κ1) is 9.60. The van der Waals surface area contributed by atoms with Gasteiger partial charge in [-0.15, -0.1) is 0 Å². The summed E-state index contributed by atoms with van der Waals surface area (Å²) in [5.41, 5.74) is 2.48. The molecule has 0 saturated heterocycles. The molecule has 0 spiro atoms. The smallest absolute Gasteiger partial charge is 0.177 e. The monoisotopic (exact) mass is 174 g/mol. The average Bonchev–Trinajstić information content (AvgIpc) is 2.18. The molecule has 0 aromatic heterocycles. The van der Waals surface area contributed by atoms with Gasteiger partial charge < -0.3 is 5.32 Å². The number of nitriles is 1. The van der Waals surface area contributed by atoms with E-state index in [0.717, 1.165) is 12.0 Å². The summed E-state index contributed by atoms with van der Waals surface area (Å²) in [4.78, 5) is 0. The summed E-state index contributed by atoms with van der Waals surface area (Å²) >= 11 is 0. The zero-order valence-corrected chi connectivity index (χ0v) is 8.04. The molecule has 0 aliphatic carbocycles. The molecule has 0 amide bonds. The van der Waals surface area contributed by atoms with Gasteiger partial charge in [0.2, 0.25) is 0 Å². The summed E-state index contributed by atoms with van der Waals surface area (Å²) in [6.45, 7) is 4.11. The predicted molar refractivity (Wildman–Crippen MR) is 53.0 cm³/mol. The van der Waals surface area contributed by atoms with Crippen molar-refractivity contribution in [3.63, 3.8) is 0 Å². The third kappa shape index (κ3) is 2.48. The lowest BCUT2D eigenvalue weighted by Crippen LogP contribution is -2.11. The number of nitrogens with one attached hydrogen (secondary N) is 1. The minimum Gasteiger partial charge on any atom is -0.317 e. The molecule has 1 N–H and O–H groups in total. The van der Waals surface area contributed by atoms with Crippen LogP contribution in [0.4, 0.5) is 0 Å². The Kier molecular flexibility index (Phi) is 3.33. The SMILES string of the molecule is CCc1ccc(C(C)NC#N)cc1. The van der Waals surface area contributed by atoms with Crippen LogP contribution in [0.5, 0.6) is 0 Å². The first-order valence-electron chi connectivity index (χ1n) is 4.51. The van der Waals surface area contributed by atoms with E-state index in [2.05, 4.69) is 36.5 Å². The van der Waals surface area contributed by atoms with Crippen LogP contribution in [0, 0.1) is 11.5 Å². The molecule has 0 bridgehead atoms. The fourth-order valence-corrected chi connectivity index (χ4v) is 1.22. The molecule has 0 heterocycles. The van der Waals surface area contributed by atoms with Crippen LogP contribution in [-0.4, -0.2) is 0 Å². The van der Waals surface area contributed by atoms with E-state index in [9.17, 15) is 0 Å². The van der Waals surface area contributed by atoms with E-state index in [4.69, 9.17) is 5.26 Å². The molecule has 1 aromatic rings. The largest absolute Gasteiger partial charge is 0.317 e. The Bertz CT molecular complexity index is 295. The van der Waals surface area contributed by atoms with Gasteiger partial charge in [0.25, 0.3) is 0 Å². The van der Waals surface area contributed by atoms with Crippen LogP contribution in [0.25, 0.3) is 0 Å². The molecule has 1 aromatic carbocycles. The molecule has 2 nitrogen and oxygen atoms in total. The van der Waals surface area contributed by atoms with Crippen molar-refractivity contribution in [1.29, 1.82) is 5.26 Å². The Balaban J connectivity index is 2.74. The molecule has 68 valence electrons. The van der Waals surface area contributed by atoms with Gasteiger partial charge in [-0.2, -0.15) is 5.26 Å². The van der Waals surface area contributed by atoms with E-state index in [0.29, 0.717) is 0 Å². The Morgan fingerprint density at radius 1 is 1.38 bits per heavy atom. The quantitative estimate of drug-likeness (QED) is 0.564. The van der Waals surface area contributed by atoms with Gasteiger partial charge in [0.05, 0.1) is 6.04 Å². The number of hydrogen-bond acceptors (Lipinski definition) is 2. The number of benzene rings is 1. The maximum atomic E-state index is 8.44. The highest BCUT2D eigenvalue weighted by atomic mass is 14.9. The van der Waals surface area contributed by atoms with Gasteiger partial charge in [-0.1, -0.05) is 31.2 Å². The van der Waals surface area contributed by atoms with Crippen LogP contribution in [0.1, 0.15) is 31.0 Å². The van der Waals surface area contributed by atoms with Gasteiger partial charge in [0.1, 0.15) is 0 Å². The van der Waals surface area contributed by atoms with Crippen LogP contribution in [0.3, 0.4) is 0 Å². The highest BCUT2D eigenvalue weighted by molar-refractivity contribution is 5.24. The van der Waals surface area contributed by atoms with Crippen molar-refractivity contribution in [3.8, 4) is 6.19 Å². The Hall–Kier alpha value is -1.49. The number of aryl methyl sites for hydroxylation is 1. The van der Waals surface area contributed by atoms with Crippen molar-refractivity contribution in [3.05, 3.63) is 35.4 Å². The van der Waals surface area contributed by atoms with E-state index in [-0.39, 0.29) is 6.04 Å². The Morgan fingerprint density at radius 2 is 2.00 bits per heavy atom. The van der Waals surface area contributed by atoms with E-state index < -0.39 is 0 Å². The molecule has 0 aliphatic heterocycles. The number of hydrogen-bond donors (Lipinski definition) is 1. The second-order valence-electron chi connectivity index (χ2n) is 3.07. The minimum atomic E-state index is 0.107.